The number of carboxylic acids is 1. The molecule has 2 aliphatic heterocycles. The van der Waals surface area contributed by atoms with Crippen molar-refractivity contribution in [2.24, 2.45) is 5.92 Å². The summed E-state index contributed by atoms with van der Waals surface area (Å²) in [6.45, 7) is 2.51. The molecule has 1 amide bonds. The third-order valence-corrected chi connectivity index (χ3v) is 4.46. The molecule has 0 saturated carbocycles. The number of aliphatic carboxylic acids is 1. The highest BCUT2D eigenvalue weighted by Gasteiger charge is 2.29. The van der Waals surface area contributed by atoms with Gasteiger partial charge >= 0.3 is 5.97 Å². The third-order valence-electron chi connectivity index (χ3n) is 4.46. The predicted molar refractivity (Wildman–Crippen MR) is 76.4 cm³/mol. The Balaban J connectivity index is 1.83. The fourth-order valence-electron chi connectivity index (χ4n) is 3.29. The van der Waals surface area contributed by atoms with Crippen LogP contribution in [0.5, 0.6) is 0 Å². The van der Waals surface area contributed by atoms with Gasteiger partial charge in [0.2, 0.25) is 5.91 Å². The van der Waals surface area contributed by atoms with E-state index in [1.807, 2.05) is 4.90 Å². The Bertz CT molecular complexity index is 338. The first-order valence-electron chi connectivity index (χ1n) is 7.91. The van der Waals surface area contributed by atoms with Crippen molar-refractivity contribution in [1.82, 2.24) is 10.2 Å². The van der Waals surface area contributed by atoms with Crippen molar-refractivity contribution in [3.05, 3.63) is 0 Å². The quantitative estimate of drug-likeness (QED) is 0.822. The van der Waals surface area contributed by atoms with Crippen LogP contribution in [-0.4, -0.2) is 47.6 Å². The van der Waals surface area contributed by atoms with E-state index in [0.29, 0.717) is 12.3 Å². The fraction of sp³-hybridized carbons (Fsp3) is 0.867. The number of carbonyl (C=O) groups excluding carboxylic acids is 1. The molecule has 0 spiro atoms. The molecule has 0 aromatic heterocycles. The average Bonchev–Trinajstić information content (AvgIpc) is 2.73. The van der Waals surface area contributed by atoms with E-state index in [-0.39, 0.29) is 18.4 Å². The number of hydrogen-bond acceptors (Lipinski definition) is 3. The van der Waals surface area contributed by atoms with Crippen molar-refractivity contribution in [1.29, 1.82) is 0 Å². The van der Waals surface area contributed by atoms with Crippen LogP contribution in [0.25, 0.3) is 0 Å². The number of nitrogens with zero attached hydrogens (tertiary/aromatic N) is 1. The van der Waals surface area contributed by atoms with Gasteiger partial charge in [-0.25, -0.2) is 0 Å². The predicted octanol–water partition coefficient (Wildman–Crippen LogP) is 1.62. The lowest BCUT2D eigenvalue weighted by molar-refractivity contribution is -0.137. The van der Waals surface area contributed by atoms with E-state index in [9.17, 15) is 9.59 Å². The molecule has 2 unspecified atom stereocenters. The van der Waals surface area contributed by atoms with Crippen molar-refractivity contribution < 1.29 is 14.7 Å². The van der Waals surface area contributed by atoms with Crippen LogP contribution in [0.1, 0.15) is 51.4 Å². The molecule has 2 rings (SSSR count). The Kier molecular flexibility index (Phi) is 5.83. The van der Waals surface area contributed by atoms with Gasteiger partial charge in [-0.2, -0.15) is 0 Å². The standard InChI is InChI=1S/C15H26N2O3/c18-14(19)8-7-12-5-4-10-17(11-12)15(20)13-6-2-1-3-9-16-13/h12-13,16H,1-11H2,(H,18,19). The normalized spacial score (nSPS) is 27.9. The van der Waals surface area contributed by atoms with Crippen molar-refractivity contribution in [3.63, 3.8) is 0 Å². The Morgan fingerprint density at radius 2 is 2.00 bits per heavy atom. The largest absolute Gasteiger partial charge is 0.481 e. The summed E-state index contributed by atoms with van der Waals surface area (Å²) in [6.07, 6.45) is 7.39. The maximum Gasteiger partial charge on any atom is 0.303 e. The topological polar surface area (TPSA) is 69.6 Å². The second-order valence-corrected chi connectivity index (χ2v) is 6.08. The number of nitrogens with one attached hydrogen (secondary N) is 1. The van der Waals surface area contributed by atoms with Crippen LogP contribution in [0.2, 0.25) is 0 Å². The van der Waals surface area contributed by atoms with Gasteiger partial charge in [0.05, 0.1) is 6.04 Å². The van der Waals surface area contributed by atoms with Crippen molar-refractivity contribution in [2.75, 3.05) is 19.6 Å². The molecule has 20 heavy (non-hydrogen) atoms. The van der Waals surface area contributed by atoms with E-state index in [4.69, 9.17) is 5.11 Å². The second kappa shape index (κ2) is 7.62. The zero-order chi connectivity index (χ0) is 14.4. The summed E-state index contributed by atoms with van der Waals surface area (Å²) in [7, 11) is 0. The average molecular weight is 282 g/mol. The molecule has 2 atom stereocenters. The minimum atomic E-state index is -0.737. The Labute approximate surface area is 120 Å². The number of rotatable bonds is 4. The van der Waals surface area contributed by atoms with E-state index in [0.717, 1.165) is 51.7 Å². The summed E-state index contributed by atoms with van der Waals surface area (Å²) < 4.78 is 0. The lowest BCUT2D eigenvalue weighted by atomic mass is 9.93. The monoisotopic (exact) mass is 282 g/mol. The van der Waals surface area contributed by atoms with Crippen LogP contribution >= 0.6 is 0 Å². The van der Waals surface area contributed by atoms with Gasteiger partial charge in [0.15, 0.2) is 0 Å². The van der Waals surface area contributed by atoms with Gasteiger partial charge in [0.1, 0.15) is 0 Å². The number of amides is 1. The fourth-order valence-corrected chi connectivity index (χ4v) is 3.29. The highest BCUT2D eigenvalue weighted by Crippen LogP contribution is 2.22. The van der Waals surface area contributed by atoms with Crippen LogP contribution in [0.4, 0.5) is 0 Å². The Hall–Kier alpha value is -1.10. The highest BCUT2D eigenvalue weighted by atomic mass is 16.4. The first kappa shape index (κ1) is 15.3. The molecule has 2 heterocycles. The molecule has 0 bridgehead atoms. The van der Waals surface area contributed by atoms with E-state index in [1.165, 1.54) is 6.42 Å². The molecule has 5 heteroatoms. The number of piperidine rings is 1. The molecule has 2 saturated heterocycles. The molecular weight excluding hydrogens is 256 g/mol. The van der Waals surface area contributed by atoms with Gasteiger partial charge in [-0.3, -0.25) is 9.59 Å². The molecule has 0 aliphatic carbocycles. The second-order valence-electron chi connectivity index (χ2n) is 6.08. The molecule has 2 N–H and O–H groups in total. The lowest BCUT2D eigenvalue weighted by Gasteiger charge is -2.35. The maximum absolute atomic E-state index is 12.5. The first-order valence-corrected chi connectivity index (χ1v) is 7.91. The number of carboxylic acid groups (broad SMARTS) is 1. The SMILES string of the molecule is O=C(O)CCC1CCCN(C(=O)C2CCCCCN2)C1. The highest BCUT2D eigenvalue weighted by molar-refractivity contribution is 5.82. The molecule has 2 fully saturated rings. The lowest BCUT2D eigenvalue weighted by Crippen LogP contribution is -2.49. The molecular formula is C15H26N2O3. The molecule has 5 nitrogen and oxygen atoms in total. The van der Waals surface area contributed by atoms with Crippen molar-refractivity contribution in [3.8, 4) is 0 Å². The van der Waals surface area contributed by atoms with Gasteiger partial charge in [-0.15, -0.1) is 0 Å². The Morgan fingerprint density at radius 1 is 1.15 bits per heavy atom. The minimum Gasteiger partial charge on any atom is -0.481 e. The molecule has 2 aliphatic rings. The first-order chi connectivity index (χ1) is 9.66. The summed E-state index contributed by atoms with van der Waals surface area (Å²) in [4.78, 5) is 25.1. The summed E-state index contributed by atoms with van der Waals surface area (Å²) in [6, 6.07) is -0.0178. The van der Waals surface area contributed by atoms with Crippen molar-refractivity contribution in [2.45, 2.75) is 57.4 Å². The van der Waals surface area contributed by atoms with Gasteiger partial charge < -0.3 is 15.3 Å². The molecule has 0 radical (unpaired) electrons. The van der Waals surface area contributed by atoms with Crippen LogP contribution in [0.15, 0.2) is 0 Å². The van der Waals surface area contributed by atoms with Crippen LogP contribution in [0.3, 0.4) is 0 Å². The summed E-state index contributed by atoms with van der Waals surface area (Å²) >= 11 is 0. The van der Waals surface area contributed by atoms with Gasteiger partial charge in [0, 0.05) is 19.5 Å². The van der Waals surface area contributed by atoms with Crippen LogP contribution in [-0.2, 0) is 9.59 Å². The van der Waals surface area contributed by atoms with Crippen molar-refractivity contribution >= 4 is 11.9 Å². The maximum atomic E-state index is 12.5. The van der Waals surface area contributed by atoms with Gasteiger partial charge in [-0.05, 0) is 44.6 Å². The van der Waals surface area contributed by atoms with Crippen LogP contribution < -0.4 is 5.32 Å². The number of hydrogen-bond donors (Lipinski definition) is 2. The van der Waals surface area contributed by atoms with Gasteiger partial charge in [0.25, 0.3) is 0 Å². The summed E-state index contributed by atoms with van der Waals surface area (Å²) in [5.74, 6) is -0.152. The molecule has 0 aromatic carbocycles. The zero-order valence-electron chi connectivity index (χ0n) is 12.1. The van der Waals surface area contributed by atoms with E-state index in [1.54, 1.807) is 0 Å². The summed E-state index contributed by atoms with van der Waals surface area (Å²) in [5, 5.41) is 12.1. The van der Waals surface area contributed by atoms with Gasteiger partial charge in [-0.1, -0.05) is 12.8 Å². The smallest absolute Gasteiger partial charge is 0.303 e. The van der Waals surface area contributed by atoms with E-state index < -0.39 is 5.97 Å². The zero-order valence-corrected chi connectivity index (χ0v) is 12.1. The minimum absolute atomic E-state index is 0.0178. The third kappa shape index (κ3) is 4.47. The molecule has 114 valence electrons. The number of likely N-dealkylation sites (tertiary alicyclic amines) is 1. The van der Waals surface area contributed by atoms with Crippen LogP contribution in [0, 0.1) is 5.92 Å². The Morgan fingerprint density at radius 3 is 2.80 bits per heavy atom. The molecule has 0 aromatic rings. The number of carbonyl (C=O) groups is 2. The van der Waals surface area contributed by atoms with E-state index in [2.05, 4.69) is 5.32 Å². The summed E-state index contributed by atoms with van der Waals surface area (Å²) in [5.41, 5.74) is 0. The van der Waals surface area contributed by atoms with E-state index >= 15 is 0 Å².